The van der Waals surface area contributed by atoms with E-state index in [-0.39, 0.29) is 5.91 Å². The molecule has 1 amide bonds. The van der Waals surface area contributed by atoms with Crippen LogP contribution >= 0.6 is 0 Å². The molecule has 3 fully saturated rings. The van der Waals surface area contributed by atoms with Crippen molar-refractivity contribution in [1.29, 1.82) is 0 Å². The Labute approximate surface area is 173 Å². The molecule has 29 heavy (non-hydrogen) atoms. The quantitative estimate of drug-likeness (QED) is 0.728. The zero-order chi connectivity index (χ0) is 19.4. The van der Waals surface area contributed by atoms with Gasteiger partial charge in [-0.05, 0) is 91.5 Å². The zero-order valence-corrected chi connectivity index (χ0v) is 17.0. The number of hydrogen-bond acceptors (Lipinski definition) is 2. The highest BCUT2D eigenvalue weighted by molar-refractivity contribution is 5.95. The summed E-state index contributed by atoms with van der Waals surface area (Å²) in [5, 5.41) is 3.89. The van der Waals surface area contributed by atoms with Crippen molar-refractivity contribution < 1.29 is 4.79 Å². The van der Waals surface area contributed by atoms with Gasteiger partial charge in [-0.15, -0.1) is 0 Å². The van der Waals surface area contributed by atoms with Crippen molar-refractivity contribution in [2.75, 3.05) is 18.4 Å². The molecule has 0 spiro atoms. The second kappa shape index (κ2) is 6.90. The van der Waals surface area contributed by atoms with Gasteiger partial charge in [0.15, 0.2) is 0 Å². The van der Waals surface area contributed by atoms with Crippen LogP contribution in [0, 0.1) is 17.8 Å². The van der Waals surface area contributed by atoms with Gasteiger partial charge in [0.05, 0.1) is 6.04 Å². The second-order valence-corrected chi connectivity index (χ2v) is 9.62. The molecule has 2 aliphatic heterocycles. The number of hydrogen-bond donors (Lipinski definition) is 1. The van der Waals surface area contributed by atoms with Crippen LogP contribution in [0.25, 0.3) is 0 Å². The number of rotatable bonds is 2. The average molecular weight is 387 g/mol. The first-order valence-electron chi connectivity index (χ1n) is 11.5. The molecule has 2 saturated carbocycles. The van der Waals surface area contributed by atoms with Gasteiger partial charge in [0.2, 0.25) is 0 Å². The van der Waals surface area contributed by atoms with E-state index in [9.17, 15) is 4.79 Å². The SMILES string of the molecule is O=C(c1ccc2c(c1)C1C3CCC(C3)C1C(c1ccccc1)N2)N1CCCCC1. The zero-order valence-electron chi connectivity index (χ0n) is 17.0. The number of anilines is 1. The maximum absolute atomic E-state index is 13.1. The molecule has 2 bridgehead atoms. The molecule has 1 N–H and O–H groups in total. The highest BCUT2D eigenvalue weighted by Gasteiger charge is 2.53. The maximum Gasteiger partial charge on any atom is 0.253 e. The van der Waals surface area contributed by atoms with Crippen molar-refractivity contribution in [3.8, 4) is 0 Å². The van der Waals surface area contributed by atoms with Crippen molar-refractivity contribution in [3.05, 3.63) is 65.2 Å². The smallest absolute Gasteiger partial charge is 0.253 e. The Morgan fingerprint density at radius 2 is 1.72 bits per heavy atom. The lowest BCUT2D eigenvalue weighted by Crippen LogP contribution is -2.37. The first-order valence-corrected chi connectivity index (χ1v) is 11.5. The summed E-state index contributed by atoms with van der Waals surface area (Å²) in [6.45, 7) is 1.84. The molecule has 2 heterocycles. The summed E-state index contributed by atoms with van der Waals surface area (Å²) in [5.41, 5.74) is 4.97. The summed E-state index contributed by atoms with van der Waals surface area (Å²) in [6, 6.07) is 17.9. The molecule has 3 nitrogen and oxygen atoms in total. The third-order valence-corrected chi connectivity index (χ3v) is 8.14. The van der Waals surface area contributed by atoms with E-state index in [1.165, 1.54) is 42.5 Å². The fourth-order valence-corrected chi connectivity index (χ4v) is 6.89. The van der Waals surface area contributed by atoms with Gasteiger partial charge in [0.1, 0.15) is 0 Å². The van der Waals surface area contributed by atoms with E-state index in [4.69, 9.17) is 0 Å². The topological polar surface area (TPSA) is 32.3 Å². The number of piperidine rings is 1. The van der Waals surface area contributed by atoms with Crippen LogP contribution in [0.1, 0.15) is 72.0 Å². The molecular weight excluding hydrogens is 356 g/mol. The fraction of sp³-hybridized carbons (Fsp3) is 0.500. The van der Waals surface area contributed by atoms with Crippen LogP contribution in [0.2, 0.25) is 0 Å². The van der Waals surface area contributed by atoms with Crippen LogP contribution in [-0.4, -0.2) is 23.9 Å². The Bertz CT molecular complexity index is 918. The highest BCUT2D eigenvalue weighted by atomic mass is 16.2. The summed E-state index contributed by atoms with van der Waals surface area (Å²) in [7, 11) is 0. The van der Waals surface area contributed by atoms with Gasteiger partial charge < -0.3 is 10.2 Å². The van der Waals surface area contributed by atoms with E-state index in [0.717, 1.165) is 43.3 Å². The Balaban J connectivity index is 1.38. The molecule has 5 unspecified atom stereocenters. The number of benzene rings is 2. The number of carbonyl (C=O) groups excluding carboxylic acids is 1. The molecule has 6 rings (SSSR count). The number of likely N-dealkylation sites (tertiary alicyclic amines) is 1. The van der Waals surface area contributed by atoms with E-state index < -0.39 is 0 Å². The maximum atomic E-state index is 13.1. The van der Waals surface area contributed by atoms with Gasteiger partial charge in [-0.3, -0.25) is 4.79 Å². The van der Waals surface area contributed by atoms with Gasteiger partial charge in [0.25, 0.3) is 5.91 Å². The molecule has 5 atom stereocenters. The molecule has 0 aromatic heterocycles. The normalized spacial score (nSPS) is 32.4. The molecular formula is C26H30N2O. The van der Waals surface area contributed by atoms with Crippen molar-refractivity contribution in [2.45, 2.75) is 50.5 Å². The molecule has 3 heteroatoms. The largest absolute Gasteiger partial charge is 0.378 e. The predicted molar refractivity (Wildman–Crippen MR) is 116 cm³/mol. The van der Waals surface area contributed by atoms with Crippen molar-refractivity contribution in [1.82, 2.24) is 4.90 Å². The first kappa shape index (κ1) is 17.6. The molecule has 2 aromatic carbocycles. The standard InChI is InChI=1S/C26H30N2O/c29-26(28-13-5-2-6-14-28)20-11-12-22-21(16-20)23-18-9-10-19(15-18)24(23)25(27-22)17-7-3-1-4-8-17/h1,3-4,7-8,11-12,16,18-19,23-25,27H,2,5-6,9-10,13-15H2. The molecule has 2 aromatic rings. The van der Waals surface area contributed by atoms with Crippen LogP contribution in [0.3, 0.4) is 0 Å². The predicted octanol–water partition coefficient (Wildman–Crippen LogP) is 5.61. The molecule has 2 aliphatic carbocycles. The van der Waals surface area contributed by atoms with E-state index in [1.54, 1.807) is 0 Å². The van der Waals surface area contributed by atoms with Crippen LogP contribution in [0.4, 0.5) is 5.69 Å². The number of amides is 1. The summed E-state index contributed by atoms with van der Waals surface area (Å²) in [6.07, 6.45) is 7.64. The van der Waals surface area contributed by atoms with E-state index >= 15 is 0 Å². The Morgan fingerprint density at radius 3 is 2.55 bits per heavy atom. The van der Waals surface area contributed by atoms with Gasteiger partial charge >= 0.3 is 0 Å². The average Bonchev–Trinajstić information content (AvgIpc) is 3.42. The monoisotopic (exact) mass is 386 g/mol. The van der Waals surface area contributed by atoms with E-state index in [0.29, 0.717) is 17.9 Å². The van der Waals surface area contributed by atoms with E-state index in [2.05, 4.69) is 58.7 Å². The summed E-state index contributed by atoms with van der Waals surface area (Å²) in [5.74, 6) is 3.10. The Morgan fingerprint density at radius 1 is 0.931 bits per heavy atom. The van der Waals surface area contributed by atoms with Gasteiger partial charge in [0, 0.05) is 24.3 Å². The van der Waals surface area contributed by atoms with Gasteiger partial charge in [-0.1, -0.05) is 30.3 Å². The van der Waals surface area contributed by atoms with Crippen molar-refractivity contribution >= 4 is 11.6 Å². The summed E-state index contributed by atoms with van der Waals surface area (Å²) >= 11 is 0. The third-order valence-electron chi connectivity index (χ3n) is 8.14. The van der Waals surface area contributed by atoms with Crippen molar-refractivity contribution in [2.24, 2.45) is 17.8 Å². The van der Waals surface area contributed by atoms with Crippen molar-refractivity contribution in [3.63, 3.8) is 0 Å². The molecule has 1 saturated heterocycles. The minimum Gasteiger partial charge on any atom is -0.378 e. The second-order valence-electron chi connectivity index (χ2n) is 9.62. The number of nitrogens with one attached hydrogen (secondary N) is 1. The fourth-order valence-electron chi connectivity index (χ4n) is 6.89. The lowest BCUT2D eigenvalue weighted by Gasteiger charge is -2.43. The number of nitrogens with zero attached hydrogens (tertiary/aromatic N) is 1. The molecule has 0 radical (unpaired) electrons. The van der Waals surface area contributed by atoms with Gasteiger partial charge in [-0.2, -0.15) is 0 Å². The summed E-state index contributed by atoms with van der Waals surface area (Å²) in [4.78, 5) is 15.2. The third kappa shape index (κ3) is 2.81. The first-order chi connectivity index (χ1) is 14.3. The molecule has 4 aliphatic rings. The highest BCUT2D eigenvalue weighted by Crippen LogP contribution is 2.63. The van der Waals surface area contributed by atoms with Crippen LogP contribution in [0.15, 0.2) is 48.5 Å². The Kier molecular flexibility index (Phi) is 4.18. The van der Waals surface area contributed by atoms with Crippen LogP contribution in [-0.2, 0) is 0 Å². The van der Waals surface area contributed by atoms with Gasteiger partial charge in [-0.25, -0.2) is 0 Å². The molecule has 150 valence electrons. The minimum atomic E-state index is 0.234. The summed E-state index contributed by atoms with van der Waals surface area (Å²) < 4.78 is 0. The lowest BCUT2D eigenvalue weighted by molar-refractivity contribution is 0.0724. The number of carbonyl (C=O) groups is 1. The van der Waals surface area contributed by atoms with E-state index in [1.807, 2.05) is 0 Å². The number of fused-ring (bicyclic) bond motifs is 7. The minimum absolute atomic E-state index is 0.234. The Hall–Kier alpha value is -2.29. The van der Waals surface area contributed by atoms with Crippen LogP contribution in [0.5, 0.6) is 0 Å². The lowest BCUT2D eigenvalue weighted by atomic mass is 9.68. The van der Waals surface area contributed by atoms with Crippen LogP contribution < -0.4 is 5.32 Å².